The van der Waals surface area contributed by atoms with Crippen LogP contribution in [0.4, 0.5) is 5.69 Å². The predicted octanol–water partition coefficient (Wildman–Crippen LogP) is 3.73. The second-order valence-electron chi connectivity index (χ2n) is 8.31. The van der Waals surface area contributed by atoms with E-state index in [1.807, 2.05) is 30.0 Å². The average molecular weight is 540 g/mol. The first-order valence-corrected chi connectivity index (χ1v) is 12.5. The summed E-state index contributed by atoms with van der Waals surface area (Å²) in [5, 5.41) is 28.6. The fourth-order valence-electron chi connectivity index (χ4n) is 3.78. The highest BCUT2D eigenvalue weighted by atomic mass is 16.5. The SMILES string of the molecule is C=CC(=O)OCCN(CCOC(=O)C=C)c1ccc(/C=C/C2=C(C#N)C(=C(C#N)C#N)N(CCCC)C2=O)cc1. The molecule has 0 fully saturated rings. The monoisotopic (exact) mass is 539 g/mol. The molecule has 0 atom stereocenters. The van der Waals surface area contributed by atoms with Crippen molar-refractivity contribution in [2.45, 2.75) is 19.8 Å². The molecule has 1 heterocycles. The van der Waals surface area contributed by atoms with Crippen molar-refractivity contribution in [3.63, 3.8) is 0 Å². The first kappa shape index (κ1) is 30.8. The highest BCUT2D eigenvalue weighted by Crippen LogP contribution is 2.33. The van der Waals surface area contributed by atoms with Crippen LogP contribution in [0.25, 0.3) is 6.08 Å². The summed E-state index contributed by atoms with van der Waals surface area (Å²) in [7, 11) is 0. The van der Waals surface area contributed by atoms with Gasteiger partial charge in [-0.2, -0.15) is 15.8 Å². The van der Waals surface area contributed by atoms with Crippen LogP contribution >= 0.6 is 0 Å². The van der Waals surface area contributed by atoms with Crippen LogP contribution in [0, 0.1) is 34.0 Å². The molecule has 0 spiro atoms. The Morgan fingerprint density at radius 3 is 2.02 bits per heavy atom. The van der Waals surface area contributed by atoms with Gasteiger partial charge in [0.1, 0.15) is 31.4 Å². The predicted molar refractivity (Wildman–Crippen MR) is 148 cm³/mol. The summed E-state index contributed by atoms with van der Waals surface area (Å²) in [4.78, 5) is 39.1. The van der Waals surface area contributed by atoms with Crippen molar-refractivity contribution < 1.29 is 23.9 Å². The standard InChI is InChI=1S/C30H29N5O5/c1-4-7-14-35-29(23(19-31)20-32)26(21-33)25(30(35)38)13-10-22-8-11-24(12-9-22)34(15-17-39-27(36)5-2)16-18-40-28(37)6-3/h5-6,8-13H,2-4,7,14-18H2,1H3/b13-10+. The number of hydrogen-bond donors (Lipinski definition) is 0. The van der Waals surface area contributed by atoms with Crippen molar-refractivity contribution in [3.05, 3.63) is 83.6 Å². The number of amides is 1. The minimum atomic E-state index is -0.547. The average Bonchev–Trinajstić information content (AvgIpc) is 3.24. The number of esters is 2. The smallest absolute Gasteiger partial charge is 0.330 e. The van der Waals surface area contributed by atoms with Gasteiger partial charge in [0.2, 0.25) is 0 Å². The Bertz CT molecular complexity index is 1320. The van der Waals surface area contributed by atoms with Crippen LogP contribution in [0.2, 0.25) is 0 Å². The summed E-state index contributed by atoms with van der Waals surface area (Å²) < 4.78 is 10.1. The van der Waals surface area contributed by atoms with Gasteiger partial charge in [-0.15, -0.1) is 0 Å². The number of ether oxygens (including phenoxy) is 2. The van der Waals surface area contributed by atoms with Crippen molar-refractivity contribution >= 4 is 29.6 Å². The number of benzene rings is 1. The van der Waals surface area contributed by atoms with Gasteiger partial charge in [0, 0.05) is 24.4 Å². The molecular weight excluding hydrogens is 510 g/mol. The zero-order chi connectivity index (χ0) is 29.5. The van der Waals surface area contributed by atoms with Crippen molar-refractivity contribution in [1.82, 2.24) is 4.90 Å². The lowest BCUT2D eigenvalue weighted by Crippen LogP contribution is -2.32. The lowest BCUT2D eigenvalue weighted by Gasteiger charge is -2.24. The molecule has 10 heteroatoms. The van der Waals surface area contributed by atoms with Gasteiger partial charge in [0.05, 0.1) is 29.9 Å². The molecule has 0 radical (unpaired) electrons. The lowest BCUT2D eigenvalue weighted by atomic mass is 10.1. The Balaban J connectivity index is 2.30. The molecule has 1 aliphatic heterocycles. The van der Waals surface area contributed by atoms with E-state index in [4.69, 9.17) is 9.47 Å². The summed E-state index contributed by atoms with van der Waals surface area (Å²) in [5.41, 5.74) is 1.34. The highest BCUT2D eigenvalue weighted by Gasteiger charge is 2.36. The zero-order valence-electron chi connectivity index (χ0n) is 22.3. The van der Waals surface area contributed by atoms with E-state index < -0.39 is 17.8 Å². The molecule has 0 N–H and O–H groups in total. The Morgan fingerprint density at radius 2 is 1.55 bits per heavy atom. The van der Waals surface area contributed by atoms with E-state index in [1.165, 1.54) is 11.0 Å². The Labute approximate surface area is 233 Å². The molecule has 0 bridgehead atoms. The highest BCUT2D eigenvalue weighted by molar-refractivity contribution is 6.05. The Hall–Kier alpha value is -5.40. The number of allylic oxidation sites excluding steroid dienone is 2. The number of nitriles is 3. The fourth-order valence-corrected chi connectivity index (χ4v) is 3.78. The fraction of sp³-hybridized carbons (Fsp3) is 0.267. The molecule has 1 aromatic carbocycles. The number of nitrogens with zero attached hydrogens (tertiary/aromatic N) is 5. The van der Waals surface area contributed by atoms with Crippen LogP contribution in [-0.4, -0.2) is 55.6 Å². The molecule has 0 aromatic heterocycles. The summed E-state index contributed by atoms with van der Waals surface area (Å²) in [5.74, 6) is -1.53. The first-order chi connectivity index (χ1) is 19.3. The molecule has 40 heavy (non-hydrogen) atoms. The van der Waals surface area contributed by atoms with E-state index in [0.29, 0.717) is 19.5 Å². The van der Waals surface area contributed by atoms with Gasteiger partial charge >= 0.3 is 11.9 Å². The van der Waals surface area contributed by atoms with Crippen LogP contribution in [0.3, 0.4) is 0 Å². The van der Waals surface area contributed by atoms with Gasteiger partial charge in [-0.3, -0.25) is 4.79 Å². The normalized spacial score (nSPS) is 12.4. The van der Waals surface area contributed by atoms with Gasteiger partial charge in [-0.05, 0) is 30.2 Å². The quantitative estimate of drug-likeness (QED) is 0.196. The molecule has 0 aliphatic carbocycles. The van der Waals surface area contributed by atoms with E-state index in [0.717, 1.165) is 29.8 Å². The molecule has 204 valence electrons. The largest absolute Gasteiger partial charge is 0.461 e. The van der Waals surface area contributed by atoms with Crippen molar-refractivity contribution in [1.29, 1.82) is 15.8 Å². The van der Waals surface area contributed by atoms with Gasteiger partial charge in [-0.25, -0.2) is 9.59 Å². The maximum Gasteiger partial charge on any atom is 0.330 e. The third-order valence-electron chi connectivity index (χ3n) is 5.80. The van der Waals surface area contributed by atoms with E-state index in [-0.39, 0.29) is 42.2 Å². The maximum absolute atomic E-state index is 13.2. The third kappa shape index (κ3) is 8.05. The molecule has 1 aromatic rings. The minimum absolute atomic E-state index is 0.0126. The van der Waals surface area contributed by atoms with Crippen LogP contribution in [-0.2, 0) is 23.9 Å². The third-order valence-corrected chi connectivity index (χ3v) is 5.80. The van der Waals surface area contributed by atoms with Gasteiger partial charge in [0.25, 0.3) is 5.91 Å². The number of carbonyl (C=O) groups excluding carboxylic acids is 3. The topological polar surface area (TPSA) is 148 Å². The maximum atomic E-state index is 13.2. The second-order valence-corrected chi connectivity index (χ2v) is 8.31. The summed E-state index contributed by atoms with van der Waals surface area (Å²) >= 11 is 0. The van der Waals surface area contributed by atoms with Crippen molar-refractivity contribution in [2.24, 2.45) is 0 Å². The Morgan fingerprint density at radius 1 is 0.975 bits per heavy atom. The van der Waals surface area contributed by atoms with E-state index in [1.54, 1.807) is 30.3 Å². The number of rotatable bonds is 14. The van der Waals surface area contributed by atoms with Crippen LogP contribution < -0.4 is 4.90 Å². The van der Waals surface area contributed by atoms with E-state index >= 15 is 0 Å². The van der Waals surface area contributed by atoms with E-state index in [9.17, 15) is 30.2 Å². The first-order valence-electron chi connectivity index (χ1n) is 12.5. The summed E-state index contributed by atoms with van der Waals surface area (Å²) in [6.07, 6.45) is 6.75. The van der Waals surface area contributed by atoms with E-state index in [2.05, 4.69) is 13.2 Å². The van der Waals surface area contributed by atoms with Crippen LogP contribution in [0.15, 0.2) is 78.1 Å². The minimum Gasteiger partial charge on any atom is -0.461 e. The molecule has 1 aliphatic rings. The van der Waals surface area contributed by atoms with Gasteiger partial charge in [0.15, 0.2) is 5.57 Å². The lowest BCUT2D eigenvalue weighted by molar-refractivity contribution is -0.137. The number of unbranched alkanes of at least 4 members (excludes halogenated alkanes) is 1. The van der Waals surface area contributed by atoms with Crippen molar-refractivity contribution in [3.8, 4) is 18.2 Å². The summed E-state index contributed by atoms with van der Waals surface area (Å²) in [6, 6.07) is 12.8. The molecule has 2 rings (SSSR count). The van der Waals surface area contributed by atoms with Gasteiger partial charge < -0.3 is 19.3 Å². The summed E-state index contributed by atoms with van der Waals surface area (Å²) in [6.45, 7) is 9.81. The molecule has 0 saturated carbocycles. The molecule has 0 unspecified atom stereocenters. The zero-order valence-corrected chi connectivity index (χ0v) is 22.3. The Kier molecular flexibility index (Phi) is 12.1. The van der Waals surface area contributed by atoms with Crippen molar-refractivity contribution in [2.75, 3.05) is 37.7 Å². The molecular formula is C30H29N5O5. The van der Waals surface area contributed by atoms with Crippen LogP contribution in [0.1, 0.15) is 25.3 Å². The van der Waals surface area contributed by atoms with Gasteiger partial charge in [-0.1, -0.05) is 44.7 Å². The number of carbonyl (C=O) groups is 3. The second kappa shape index (κ2) is 15.8. The molecule has 0 saturated heterocycles. The molecule has 1 amide bonds. The molecule has 10 nitrogen and oxygen atoms in total. The number of anilines is 1. The number of hydrogen-bond acceptors (Lipinski definition) is 9. The van der Waals surface area contributed by atoms with Crippen LogP contribution in [0.5, 0.6) is 0 Å².